The van der Waals surface area contributed by atoms with Gasteiger partial charge in [-0.3, -0.25) is 9.69 Å². The van der Waals surface area contributed by atoms with Crippen LogP contribution in [0, 0.1) is 17.6 Å². The van der Waals surface area contributed by atoms with Crippen LogP contribution in [0.4, 0.5) is 13.2 Å². The zero-order valence-electron chi connectivity index (χ0n) is 21.8. The molecule has 3 aliphatic rings. The molecule has 3 fully saturated rings. The normalized spacial score (nSPS) is 22.2. The minimum absolute atomic E-state index is 0.115. The number of halogens is 4. The molecule has 1 aliphatic carbocycles. The van der Waals surface area contributed by atoms with E-state index in [2.05, 4.69) is 4.90 Å². The second-order valence-corrected chi connectivity index (χ2v) is 11.2. The first-order valence-electron chi connectivity index (χ1n) is 13.4. The van der Waals surface area contributed by atoms with Crippen LogP contribution in [-0.2, 0) is 16.1 Å². The highest BCUT2D eigenvalue weighted by Gasteiger charge is 2.42. The van der Waals surface area contributed by atoms with Crippen molar-refractivity contribution >= 4 is 23.5 Å². The number of esters is 1. The van der Waals surface area contributed by atoms with E-state index in [0.717, 1.165) is 54.8 Å². The van der Waals surface area contributed by atoms with Crippen LogP contribution in [0.2, 0.25) is 5.02 Å². The summed E-state index contributed by atoms with van der Waals surface area (Å²) in [5.74, 6) is -1.71. The Labute approximate surface area is 231 Å². The minimum atomic E-state index is -1.37. The molecule has 5 rings (SSSR count). The molecule has 0 radical (unpaired) electrons. The van der Waals surface area contributed by atoms with Gasteiger partial charge in [0.15, 0.2) is 0 Å². The van der Waals surface area contributed by atoms with Crippen molar-refractivity contribution in [2.24, 2.45) is 5.92 Å². The second-order valence-electron chi connectivity index (χ2n) is 10.8. The number of piperidine rings is 1. The predicted octanol–water partition coefficient (Wildman–Crippen LogP) is 5.51. The molecule has 0 bridgehead atoms. The summed E-state index contributed by atoms with van der Waals surface area (Å²) in [5, 5.41) is 0.115. The Morgan fingerprint density at radius 2 is 1.79 bits per heavy atom. The van der Waals surface area contributed by atoms with Crippen molar-refractivity contribution < 1.29 is 32.2 Å². The van der Waals surface area contributed by atoms with Gasteiger partial charge in [-0.05, 0) is 79.9 Å². The van der Waals surface area contributed by atoms with Gasteiger partial charge >= 0.3 is 5.97 Å². The van der Waals surface area contributed by atoms with Crippen molar-refractivity contribution in [2.75, 3.05) is 33.4 Å². The fourth-order valence-corrected chi connectivity index (χ4v) is 5.63. The summed E-state index contributed by atoms with van der Waals surface area (Å²) in [5.41, 5.74) is 1.46. The van der Waals surface area contributed by atoms with E-state index in [1.165, 1.54) is 25.3 Å². The first-order chi connectivity index (χ1) is 18.7. The molecule has 2 atom stereocenters. The highest BCUT2D eigenvalue weighted by Crippen LogP contribution is 2.45. The van der Waals surface area contributed by atoms with Crippen molar-refractivity contribution in [1.82, 2.24) is 9.80 Å². The fraction of sp³-hybridized carbons (Fsp3) is 0.517. The third kappa shape index (κ3) is 6.35. The third-order valence-electron chi connectivity index (χ3n) is 7.90. The first kappa shape index (κ1) is 27.8. The highest BCUT2D eigenvalue weighted by atomic mass is 35.5. The lowest BCUT2D eigenvalue weighted by atomic mass is 9.97. The predicted molar refractivity (Wildman–Crippen MR) is 140 cm³/mol. The third-order valence-corrected chi connectivity index (χ3v) is 8.21. The van der Waals surface area contributed by atoms with E-state index in [9.17, 15) is 18.4 Å². The first-order valence-corrected chi connectivity index (χ1v) is 13.8. The number of amides is 1. The van der Waals surface area contributed by atoms with Gasteiger partial charge in [0, 0.05) is 19.0 Å². The molecule has 0 spiro atoms. The number of rotatable bonds is 8. The Balaban J connectivity index is 1.21. The number of methoxy groups -OCH3 is 1. The molecule has 6 nitrogen and oxygen atoms in total. The molecule has 0 unspecified atom stereocenters. The van der Waals surface area contributed by atoms with E-state index in [1.807, 2.05) is 6.07 Å². The van der Waals surface area contributed by atoms with Crippen molar-refractivity contribution in [2.45, 2.75) is 56.8 Å². The average molecular weight is 565 g/mol. The number of likely N-dealkylation sites (tertiary alicyclic amines) is 2. The summed E-state index contributed by atoms with van der Waals surface area (Å²) in [4.78, 5) is 28.6. The van der Waals surface area contributed by atoms with E-state index in [0.29, 0.717) is 18.9 Å². The Bertz CT molecular complexity index is 1230. The van der Waals surface area contributed by atoms with E-state index < -0.39 is 35.7 Å². The maximum atomic E-state index is 15.2. The van der Waals surface area contributed by atoms with Crippen LogP contribution in [-0.4, -0.2) is 67.2 Å². The molecule has 2 heterocycles. The molecule has 2 aromatic rings. The summed E-state index contributed by atoms with van der Waals surface area (Å²) in [7, 11) is 1.18. The fourth-order valence-electron chi connectivity index (χ4n) is 5.51. The largest absolute Gasteiger partial charge is 0.493 e. The number of ether oxygens (including phenoxy) is 2. The molecule has 2 saturated heterocycles. The molecule has 10 heteroatoms. The molecule has 0 N–H and O–H groups in total. The van der Waals surface area contributed by atoms with Crippen molar-refractivity contribution in [3.63, 3.8) is 0 Å². The molecule has 39 heavy (non-hydrogen) atoms. The van der Waals surface area contributed by atoms with Gasteiger partial charge in [-0.15, -0.1) is 0 Å². The molecule has 210 valence electrons. The number of benzene rings is 2. The minimum Gasteiger partial charge on any atom is -0.493 e. The van der Waals surface area contributed by atoms with Crippen LogP contribution in [0.5, 0.6) is 5.75 Å². The summed E-state index contributed by atoms with van der Waals surface area (Å²) in [6.07, 6.45) is 2.09. The average Bonchev–Trinajstić information content (AvgIpc) is 3.70. The summed E-state index contributed by atoms with van der Waals surface area (Å²) >= 11 is 5.78. The van der Waals surface area contributed by atoms with Crippen LogP contribution in [0.25, 0.3) is 0 Å². The Morgan fingerprint density at radius 1 is 1.05 bits per heavy atom. The molecule has 0 aromatic heterocycles. The lowest BCUT2D eigenvalue weighted by Gasteiger charge is -2.32. The van der Waals surface area contributed by atoms with E-state index in [4.69, 9.17) is 21.1 Å². The van der Waals surface area contributed by atoms with Gasteiger partial charge in [-0.25, -0.2) is 18.0 Å². The molecule has 1 amide bonds. The quantitative estimate of drug-likeness (QED) is 0.396. The molecular weight excluding hydrogens is 533 g/mol. The SMILES string of the molecule is COC(=O)[C@@H]1C[C@@H](F)CN1C(=O)c1cc(C2CC2)c(OCC2CCN(Cc3ccc(Cl)c(F)c3)CC2)cc1F. The number of alkyl halides is 1. The molecular formula is C29H32ClF3N2O4. The van der Waals surface area contributed by atoms with E-state index in [1.54, 1.807) is 6.07 Å². The zero-order valence-corrected chi connectivity index (χ0v) is 22.6. The maximum Gasteiger partial charge on any atom is 0.328 e. The number of hydrogen-bond acceptors (Lipinski definition) is 5. The number of carbonyl (C=O) groups excluding carboxylic acids is 2. The Kier molecular flexibility index (Phi) is 8.38. The number of nitrogens with zero attached hydrogens (tertiary/aromatic N) is 2. The number of carbonyl (C=O) groups is 2. The second kappa shape index (κ2) is 11.8. The van der Waals surface area contributed by atoms with Gasteiger partial charge in [-0.2, -0.15) is 0 Å². The molecule has 1 saturated carbocycles. The molecule has 2 aliphatic heterocycles. The Hall–Kier alpha value is -2.78. The van der Waals surface area contributed by atoms with Crippen molar-refractivity contribution in [1.29, 1.82) is 0 Å². The van der Waals surface area contributed by atoms with Gasteiger partial charge in [0.25, 0.3) is 5.91 Å². The Morgan fingerprint density at radius 3 is 2.46 bits per heavy atom. The van der Waals surface area contributed by atoms with Crippen molar-refractivity contribution in [3.05, 3.63) is 63.7 Å². The summed E-state index contributed by atoms with van der Waals surface area (Å²) in [6.45, 7) is 2.46. The van der Waals surface area contributed by atoms with Gasteiger partial charge < -0.3 is 14.4 Å². The van der Waals surface area contributed by atoms with E-state index in [-0.39, 0.29) is 35.4 Å². The van der Waals surface area contributed by atoms with Crippen molar-refractivity contribution in [3.8, 4) is 5.75 Å². The van der Waals surface area contributed by atoms with Gasteiger partial charge in [0.1, 0.15) is 29.6 Å². The lowest BCUT2D eigenvalue weighted by Crippen LogP contribution is -2.41. The smallest absolute Gasteiger partial charge is 0.328 e. The molecule has 2 aromatic carbocycles. The summed E-state index contributed by atoms with van der Waals surface area (Å²) < 4.78 is 53.9. The zero-order chi connectivity index (χ0) is 27.7. The van der Waals surface area contributed by atoms with Gasteiger partial charge in [0.05, 0.1) is 30.8 Å². The summed E-state index contributed by atoms with van der Waals surface area (Å²) in [6, 6.07) is 6.57. The van der Waals surface area contributed by atoms with E-state index >= 15 is 4.39 Å². The standard InChI is InChI=1S/C29H32ClF3N2O4/c1-38-29(37)26-11-20(31)15-35(26)28(36)22-12-21(19-3-4-19)27(13-24(22)32)39-16-17-6-8-34(9-7-17)14-18-2-5-23(30)25(33)10-18/h2,5,10,12-13,17,19-20,26H,3-4,6-9,11,14-16H2,1H3/t20-,26+/m1/s1. The topological polar surface area (TPSA) is 59.1 Å². The number of hydrogen-bond donors (Lipinski definition) is 0. The maximum absolute atomic E-state index is 15.2. The van der Waals surface area contributed by atoms with Crippen LogP contribution in [0.15, 0.2) is 30.3 Å². The van der Waals surface area contributed by atoms with Gasteiger partial charge in [0.2, 0.25) is 0 Å². The van der Waals surface area contributed by atoms with Crippen LogP contribution in [0.1, 0.15) is 59.5 Å². The lowest BCUT2D eigenvalue weighted by molar-refractivity contribution is -0.145. The monoisotopic (exact) mass is 564 g/mol. The highest BCUT2D eigenvalue weighted by molar-refractivity contribution is 6.30. The van der Waals surface area contributed by atoms with Crippen LogP contribution in [0.3, 0.4) is 0 Å². The van der Waals surface area contributed by atoms with Crippen LogP contribution < -0.4 is 4.74 Å². The van der Waals surface area contributed by atoms with Gasteiger partial charge in [-0.1, -0.05) is 17.7 Å². The van der Waals surface area contributed by atoms with Crippen LogP contribution >= 0.6 is 11.6 Å².